The van der Waals surface area contributed by atoms with Crippen molar-refractivity contribution in [3.05, 3.63) is 118 Å². The molecule has 2 aromatic heterocycles. The summed E-state index contributed by atoms with van der Waals surface area (Å²) < 4.78 is 52.2. The standard InChI is InChI=1S/C29H22BrClF3N3O3S/c1-4-40-27(39)23-24(17-5-9-20(31)10-6-17)37-26(38)22(41-28(37)35-25(23)29(32,33)34)14-18-13-15(2)36(16(18)3)21-11-7-19(30)8-12-21/h5-14,24H,4H2,1-3H3/b22-14-/t24-/m0/s1. The van der Waals surface area contributed by atoms with Gasteiger partial charge < -0.3 is 9.30 Å². The highest BCUT2D eigenvalue weighted by Crippen LogP contribution is 2.38. The quantitative estimate of drug-likeness (QED) is 0.240. The zero-order valence-corrected chi connectivity index (χ0v) is 25.1. The van der Waals surface area contributed by atoms with Crippen LogP contribution in [-0.4, -0.2) is 27.9 Å². The number of benzene rings is 2. The maximum absolute atomic E-state index is 14.3. The van der Waals surface area contributed by atoms with E-state index in [4.69, 9.17) is 16.3 Å². The number of carbonyl (C=O) groups excluding carboxylic acids is 1. The molecule has 0 saturated carbocycles. The molecule has 5 rings (SSSR count). The van der Waals surface area contributed by atoms with Crippen molar-refractivity contribution < 1.29 is 22.7 Å². The largest absolute Gasteiger partial charge is 0.463 e. The third kappa shape index (κ3) is 5.45. The molecule has 212 valence electrons. The molecule has 2 aromatic carbocycles. The highest BCUT2D eigenvalue weighted by atomic mass is 79.9. The summed E-state index contributed by atoms with van der Waals surface area (Å²) in [5.41, 5.74) is 0.923. The minimum Gasteiger partial charge on any atom is -0.463 e. The number of aryl methyl sites for hydroxylation is 1. The average molecular weight is 665 g/mol. The Kier molecular flexibility index (Phi) is 7.88. The zero-order chi connectivity index (χ0) is 29.6. The minimum absolute atomic E-state index is 0.154. The number of hydrogen-bond donors (Lipinski definition) is 0. The van der Waals surface area contributed by atoms with Crippen LogP contribution in [0.1, 0.15) is 35.5 Å². The molecule has 0 bridgehead atoms. The van der Waals surface area contributed by atoms with Gasteiger partial charge in [0.25, 0.3) is 5.56 Å². The third-order valence-electron chi connectivity index (χ3n) is 6.62. The fourth-order valence-corrected chi connectivity index (χ4v) is 6.25. The van der Waals surface area contributed by atoms with Crippen LogP contribution < -0.4 is 14.9 Å². The van der Waals surface area contributed by atoms with Crippen LogP contribution in [0.25, 0.3) is 11.8 Å². The first kappa shape index (κ1) is 29.1. The molecule has 0 aliphatic carbocycles. The average Bonchev–Trinajstić information content (AvgIpc) is 3.38. The fourth-order valence-electron chi connectivity index (χ4n) is 4.86. The summed E-state index contributed by atoms with van der Waals surface area (Å²) in [5.74, 6) is -1.20. The molecule has 0 radical (unpaired) electrons. The molecule has 0 spiro atoms. The lowest BCUT2D eigenvalue weighted by molar-refractivity contribution is -0.140. The second kappa shape index (κ2) is 11.1. The van der Waals surface area contributed by atoms with Gasteiger partial charge in [-0.3, -0.25) is 9.36 Å². The number of rotatable bonds is 5. The van der Waals surface area contributed by atoms with E-state index in [-0.39, 0.29) is 21.5 Å². The van der Waals surface area contributed by atoms with Gasteiger partial charge in [0.05, 0.1) is 22.8 Å². The molecule has 1 aliphatic rings. The number of nitrogens with zero attached hydrogens (tertiary/aromatic N) is 3. The van der Waals surface area contributed by atoms with Crippen molar-refractivity contribution in [2.24, 2.45) is 4.99 Å². The Balaban J connectivity index is 1.75. The SMILES string of the molecule is CCOC(=O)C1=C(C(F)(F)F)N=c2s/c(=C\c3cc(C)n(-c4ccc(Br)cc4)c3C)c(=O)n2[C@H]1c1ccc(Cl)cc1. The number of esters is 1. The van der Waals surface area contributed by atoms with Crippen molar-refractivity contribution in [2.75, 3.05) is 6.61 Å². The van der Waals surface area contributed by atoms with E-state index in [1.165, 1.54) is 31.2 Å². The lowest BCUT2D eigenvalue weighted by Crippen LogP contribution is -2.41. The maximum atomic E-state index is 14.3. The van der Waals surface area contributed by atoms with Crippen LogP contribution in [0.5, 0.6) is 0 Å². The van der Waals surface area contributed by atoms with Crippen LogP contribution in [0, 0.1) is 13.8 Å². The fraction of sp³-hybridized carbons (Fsp3) is 0.207. The summed E-state index contributed by atoms with van der Waals surface area (Å²) in [7, 11) is 0. The van der Waals surface area contributed by atoms with Crippen LogP contribution in [0.2, 0.25) is 5.02 Å². The van der Waals surface area contributed by atoms with Crippen LogP contribution >= 0.6 is 38.9 Å². The van der Waals surface area contributed by atoms with E-state index in [9.17, 15) is 22.8 Å². The number of carbonyl (C=O) groups is 1. The Morgan fingerprint density at radius 1 is 1.15 bits per heavy atom. The molecule has 0 unspecified atom stereocenters. The van der Waals surface area contributed by atoms with E-state index in [0.29, 0.717) is 5.02 Å². The lowest BCUT2D eigenvalue weighted by Gasteiger charge is -2.26. The predicted molar refractivity (Wildman–Crippen MR) is 155 cm³/mol. The van der Waals surface area contributed by atoms with Crippen molar-refractivity contribution in [3.8, 4) is 5.69 Å². The molecule has 6 nitrogen and oxygen atoms in total. The molecule has 0 fully saturated rings. The zero-order valence-electron chi connectivity index (χ0n) is 21.9. The number of hydrogen-bond acceptors (Lipinski definition) is 5. The summed E-state index contributed by atoms with van der Waals surface area (Å²) in [6, 6.07) is 14.1. The van der Waals surface area contributed by atoms with Crippen LogP contribution in [-0.2, 0) is 9.53 Å². The van der Waals surface area contributed by atoms with E-state index in [1.54, 1.807) is 6.08 Å². The number of thiazole rings is 1. The number of allylic oxidation sites excluding steroid dienone is 1. The molecule has 12 heteroatoms. The van der Waals surface area contributed by atoms with E-state index < -0.39 is 35.0 Å². The molecular weight excluding hydrogens is 643 g/mol. The van der Waals surface area contributed by atoms with Gasteiger partial charge in [0.2, 0.25) is 0 Å². The van der Waals surface area contributed by atoms with Crippen molar-refractivity contribution in [1.82, 2.24) is 9.13 Å². The summed E-state index contributed by atoms with van der Waals surface area (Å²) in [5, 5.41) is 0.347. The predicted octanol–water partition coefficient (Wildman–Crippen LogP) is 6.16. The molecule has 0 amide bonds. The van der Waals surface area contributed by atoms with E-state index in [1.807, 2.05) is 48.7 Å². The molecule has 0 N–H and O–H groups in total. The van der Waals surface area contributed by atoms with E-state index >= 15 is 0 Å². The van der Waals surface area contributed by atoms with Crippen LogP contribution in [0.4, 0.5) is 13.2 Å². The second-order valence-corrected chi connectivity index (χ2v) is 11.6. The molecule has 3 heterocycles. The molecule has 0 saturated heterocycles. The number of alkyl halides is 3. The van der Waals surface area contributed by atoms with Crippen molar-refractivity contribution in [2.45, 2.75) is 33.0 Å². The number of ether oxygens (including phenoxy) is 1. The summed E-state index contributed by atoms with van der Waals surface area (Å²) >= 11 is 10.3. The van der Waals surface area contributed by atoms with Gasteiger partial charge in [0, 0.05) is 26.6 Å². The number of aromatic nitrogens is 2. The van der Waals surface area contributed by atoms with Gasteiger partial charge in [-0.05, 0) is 80.4 Å². The number of fused-ring (bicyclic) bond motifs is 1. The Labute approximate surface area is 249 Å². The van der Waals surface area contributed by atoms with Gasteiger partial charge in [-0.15, -0.1) is 0 Å². The summed E-state index contributed by atoms with van der Waals surface area (Å²) in [4.78, 5) is 30.4. The minimum atomic E-state index is -4.97. The smallest absolute Gasteiger partial charge is 0.434 e. The Hall–Kier alpha value is -3.41. The van der Waals surface area contributed by atoms with Gasteiger partial charge in [0.15, 0.2) is 10.5 Å². The first-order valence-electron chi connectivity index (χ1n) is 12.4. The normalized spacial score (nSPS) is 15.6. The van der Waals surface area contributed by atoms with Crippen molar-refractivity contribution in [3.63, 3.8) is 0 Å². The van der Waals surface area contributed by atoms with Gasteiger partial charge in [-0.25, -0.2) is 9.79 Å². The molecular formula is C29H22BrClF3N3O3S. The van der Waals surface area contributed by atoms with E-state index in [2.05, 4.69) is 20.9 Å². The maximum Gasteiger partial charge on any atom is 0.434 e. The molecule has 1 atom stereocenters. The van der Waals surface area contributed by atoms with Gasteiger partial charge in [0.1, 0.15) is 0 Å². The highest BCUT2D eigenvalue weighted by Gasteiger charge is 2.45. The lowest BCUT2D eigenvalue weighted by atomic mass is 9.95. The monoisotopic (exact) mass is 663 g/mol. The van der Waals surface area contributed by atoms with Gasteiger partial charge >= 0.3 is 12.1 Å². The molecule has 4 aromatic rings. The van der Waals surface area contributed by atoms with Crippen LogP contribution in [0.15, 0.2) is 80.1 Å². The highest BCUT2D eigenvalue weighted by molar-refractivity contribution is 9.10. The summed E-state index contributed by atoms with van der Waals surface area (Å²) in [6.45, 7) is 5.16. The first-order chi connectivity index (χ1) is 19.4. The van der Waals surface area contributed by atoms with Gasteiger partial charge in [-0.1, -0.05) is 51.0 Å². The summed E-state index contributed by atoms with van der Waals surface area (Å²) in [6.07, 6.45) is -3.33. The van der Waals surface area contributed by atoms with Crippen LogP contribution in [0.3, 0.4) is 0 Å². The third-order valence-corrected chi connectivity index (χ3v) is 8.39. The molecule has 1 aliphatic heterocycles. The van der Waals surface area contributed by atoms with Crippen molar-refractivity contribution >= 4 is 50.9 Å². The Morgan fingerprint density at radius 2 is 1.80 bits per heavy atom. The second-order valence-electron chi connectivity index (χ2n) is 9.25. The molecule has 41 heavy (non-hydrogen) atoms. The topological polar surface area (TPSA) is 65.6 Å². The Bertz CT molecular complexity index is 1870. The van der Waals surface area contributed by atoms with E-state index in [0.717, 1.165) is 43.0 Å². The van der Waals surface area contributed by atoms with Crippen molar-refractivity contribution in [1.29, 1.82) is 0 Å². The van der Waals surface area contributed by atoms with Gasteiger partial charge in [-0.2, -0.15) is 13.2 Å². The Morgan fingerprint density at radius 3 is 2.41 bits per heavy atom. The first-order valence-corrected chi connectivity index (χ1v) is 14.4. The number of halogens is 5.